The van der Waals surface area contributed by atoms with E-state index in [-0.39, 0.29) is 17.9 Å². The SMILES string of the molecule is COc1ccc(C(O)CNC(=O)/C=C/C(C)(C)C)cc1. The molecule has 0 aliphatic carbocycles. The Morgan fingerprint density at radius 2 is 1.95 bits per heavy atom. The van der Waals surface area contributed by atoms with Crippen LogP contribution in [0, 0.1) is 5.41 Å². The number of nitrogens with one attached hydrogen (secondary N) is 1. The first-order valence-corrected chi connectivity index (χ1v) is 6.61. The van der Waals surface area contributed by atoms with E-state index in [1.54, 1.807) is 31.4 Å². The average molecular weight is 277 g/mol. The highest BCUT2D eigenvalue weighted by atomic mass is 16.5. The number of benzene rings is 1. The number of carbonyl (C=O) groups excluding carboxylic acids is 1. The van der Waals surface area contributed by atoms with Crippen molar-refractivity contribution in [3.63, 3.8) is 0 Å². The molecule has 0 aromatic heterocycles. The van der Waals surface area contributed by atoms with E-state index in [1.807, 2.05) is 26.8 Å². The fourth-order valence-electron chi connectivity index (χ4n) is 1.53. The minimum Gasteiger partial charge on any atom is -0.497 e. The summed E-state index contributed by atoms with van der Waals surface area (Å²) < 4.78 is 5.05. The number of aliphatic hydroxyl groups excluding tert-OH is 1. The molecule has 1 unspecified atom stereocenters. The van der Waals surface area contributed by atoms with E-state index in [0.29, 0.717) is 0 Å². The normalized spacial score (nSPS) is 13.2. The second-order valence-electron chi connectivity index (χ2n) is 5.73. The lowest BCUT2D eigenvalue weighted by Crippen LogP contribution is -2.27. The average Bonchev–Trinajstić information content (AvgIpc) is 2.41. The highest BCUT2D eigenvalue weighted by Gasteiger charge is 2.09. The van der Waals surface area contributed by atoms with Gasteiger partial charge in [0.05, 0.1) is 13.2 Å². The van der Waals surface area contributed by atoms with Gasteiger partial charge in [0, 0.05) is 6.54 Å². The van der Waals surface area contributed by atoms with Crippen LogP contribution < -0.4 is 10.1 Å². The highest BCUT2D eigenvalue weighted by Crippen LogP contribution is 2.17. The van der Waals surface area contributed by atoms with Crippen LogP contribution in [-0.4, -0.2) is 24.7 Å². The van der Waals surface area contributed by atoms with Crippen LogP contribution in [0.5, 0.6) is 5.75 Å². The molecule has 2 N–H and O–H groups in total. The van der Waals surface area contributed by atoms with Crippen LogP contribution in [0.25, 0.3) is 0 Å². The Bertz CT molecular complexity index is 458. The number of allylic oxidation sites excluding steroid dienone is 1. The van der Waals surface area contributed by atoms with Crippen molar-refractivity contribution in [3.8, 4) is 5.75 Å². The van der Waals surface area contributed by atoms with Gasteiger partial charge in [-0.05, 0) is 29.2 Å². The predicted octanol–water partition coefficient (Wildman–Crippen LogP) is 2.45. The molecular weight excluding hydrogens is 254 g/mol. The molecule has 0 fully saturated rings. The molecule has 0 radical (unpaired) electrons. The molecule has 0 aliphatic heterocycles. The van der Waals surface area contributed by atoms with Crippen LogP contribution in [0.4, 0.5) is 0 Å². The molecule has 1 rings (SSSR count). The zero-order chi connectivity index (χ0) is 15.2. The topological polar surface area (TPSA) is 58.6 Å². The van der Waals surface area contributed by atoms with Crippen LogP contribution in [0.1, 0.15) is 32.4 Å². The van der Waals surface area contributed by atoms with Crippen molar-refractivity contribution in [1.29, 1.82) is 0 Å². The fraction of sp³-hybridized carbons (Fsp3) is 0.438. The molecule has 20 heavy (non-hydrogen) atoms. The molecule has 0 saturated carbocycles. The van der Waals surface area contributed by atoms with E-state index >= 15 is 0 Å². The quantitative estimate of drug-likeness (QED) is 0.813. The van der Waals surface area contributed by atoms with Crippen LogP contribution in [0.15, 0.2) is 36.4 Å². The number of hydrogen-bond donors (Lipinski definition) is 2. The highest BCUT2D eigenvalue weighted by molar-refractivity contribution is 5.87. The van der Waals surface area contributed by atoms with Gasteiger partial charge in [-0.3, -0.25) is 4.79 Å². The number of carbonyl (C=O) groups is 1. The second-order valence-corrected chi connectivity index (χ2v) is 5.73. The first-order chi connectivity index (χ1) is 9.31. The molecule has 0 aliphatic rings. The second kappa shape index (κ2) is 7.10. The number of ether oxygens (including phenoxy) is 1. The summed E-state index contributed by atoms with van der Waals surface area (Å²) >= 11 is 0. The summed E-state index contributed by atoms with van der Waals surface area (Å²) in [6, 6.07) is 7.11. The lowest BCUT2D eigenvalue weighted by molar-refractivity contribution is -0.117. The maximum atomic E-state index is 11.6. The summed E-state index contributed by atoms with van der Waals surface area (Å²) in [6.45, 7) is 6.23. The lowest BCUT2D eigenvalue weighted by Gasteiger charge is -2.13. The van der Waals surface area contributed by atoms with Crippen molar-refractivity contribution < 1.29 is 14.6 Å². The maximum Gasteiger partial charge on any atom is 0.243 e. The molecule has 1 atom stereocenters. The van der Waals surface area contributed by atoms with Crippen molar-refractivity contribution in [3.05, 3.63) is 42.0 Å². The number of methoxy groups -OCH3 is 1. The van der Waals surface area contributed by atoms with Crippen LogP contribution in [0.2, 0.25) is 0 Å². The van der Waals surface area contributed by atoms with E-state index in [2.05, 4.69) is 5.32 Å². The minimum absolute atomic E-state index is 0.0358. The Kier molecular flexibility index (Phi) is 5.77. The molecule has 0 saturated heterocycles. The number of amides is 1. The van der Waals surface area contributed by atoms with Gasteiger partial charge in [-0.15, -0.1) is 0 Å². The van der Waals surface area contributed by atoms with Crippen LogP contribution >= 0.6 is 0 Å². The van der Waals surface area contributed by atoms with E-state index in [9.17, 15) is 9.90 Å². The summed E-state index contributed by atoms with van der Waals surface area (Å²) in [5.74, 6) is 0.533. The molecular formula is C16H23NO3. The fourth-order valence-corrected chi connectivity index (χ4v) is 1.53. The van der Waals surface area contributed by atoms with Gasteiger partial charge in [-0.2, -0.15) is 0 Å². The summed E-state index contributed by atoms with van der Waals surface area (Å²) in [5.41, 5.74) is 0.706. The Balaban J connectivity index is 2.48. The lowest BCUT2D eigenvalue weighted by atomic mass is 9.96. The zero-order valence-corrected chi connectivity index (χ0v) is 12.5. The molecule has 0 heterocycles. The molecule has 0 bridgehead atoms. The molecule has 1 aromatic rings. The predicted molar refractivity (Wildman–Crippen MR) is 79.6 cm³/mol. The standard InChI is InChI=1S/C16H23NO3/c1-16(2,3)10-9-15(19)17-11-14(18)12-5-7-13(20-4)8-6-12/h5-10,14,18H,11H2,1-4H3,(H,17,19)/b10-9+. The third-order valence-electron chi connectivity index (χ3n) is 2.70. The van der Waals surface area contributed by atoms with Gasteiger partial charge in [0.15, 0.2) is 0 Å². The summed E-state index contributed by atoms with van der Waals surface area (Å²) in [5, 5.41) is 12.7. The van der Waals surface area contributed by atoms with Gasteiger partial charge in [-0.1, -0.05) is 39.0 Å². The van der Waals surface area contributed by atoms with Crippen molar-refractivity contribution >= 4 is 5.91 Å². The van der Waals surface area contributed by atoms with Crippen molar-refractivity contribution in [1.82, 2.24) is 5.32 Å². The van der Waals surface area contributed by atoms with Crippen molar-refractivity contribution in [2.24, 2.45) is 5.41 Å². The first kappa shape index (κ1) is 16.2. The summed E-state index contributed by atoms with van der Waals surface area (Å²) in [7, 11) is 1.59. The van der Waals surface area contributed by atoms with E-state index < -0.39 is 6.10 Å². The summed E-state index contributed by atoms with van der Waals surface area (Å²) in [4.78, 5) is 11.6. The Morgan fingerprint density at radius 3 is 2.45 bits per heavy atom. The smallest absolute Gasteiger partial charge is 0.243 e. The third kappa shape index (κ3) is 5.89. The molecule has 1 amide bonds. The molecule has 4 heteroatoms. The van der Waals surface area contributed by atoms with Gasteiger partial charge in [0.1, 0.15) is 5.75 Å². The van der Waals surface area contributed by atoms with E-state index in [4.69, 9.17) is 4.74 Å². The molecule has 1 aromatic carbocycles. The Hall–Kier alpha value is -1.81. The largest absolute Gasteiger partial charge is 0.497 e. The zero-order valence-electron chi connectivity index (χ0n) is 12.5. The first-order valence-electron chi connectivity index (χ1n) is 6.61. The molecule has 110 valence electrons. The van der Waals surface area contributed by atoms with E-state index in [1.165, 1.54) is 6.08 Å². The van der Waals surface area contributed by atoms with Gasteiger partial charge >= 0.3 is 0 Å². The van der Waals surface area contributed by atoms with Crippen molar-refractivity contribution in [2.75, 3.05) is 13.7 Å². The van der Waals surface area contributed by atoms with Crippen LogP contribution in [0.3, 0.4) is 0 Å². The number of aliphatic hydroxyl groups is 1. The maximum absolute atomic E-state index is 11.6. The van der Waals surface area contributed by atoms with Crippen molar-refractivity contribution in [2.45, 2.75) is 26.9 Å². The monoisotopic (exact) mass is 277 g/mol. The number of hydrogen-bond acceptors (Lipinski definition) is 3. The van der Waals surface area contributed by atoms with Gasteiger partial charge in [0.25, 0.3) is 0 Å². The Morgan fingerprint density at radius 1 is 1.35 bits per heavy atom. The van der Waals surface area contributed by atoms with Gasteiger partial charge in [-0.25, -0.2) is 0 Å². The Labute approximate surface area is 120 Å². The van der Waals surface area contributed by atoms with Crippen LogP contribution in [-0.2, 0) is 4.79 Å². The van der Waals surface area contributed by atoms with Gasteiger partial charge < -0.3 is 15.2 Å². The van der Waals surface area contributed by atoms with E-state index in [0.717, 1.165) is 11.3 Å². The number of rotatable bonds is 5. The minimum atomic E-state index is -0.729. The summed E-state index contributed by atoms with van der Waals surface area (Å²) in [6.07, 6.45) is 2.61. The molecule has 4 nitrogen and oxygen atoms in total. The third-order valence-corrected chi connectivity index (χ3v) is 2.70. The van der Waals surface area contributed by atoms with Gasteiger partial charge in [0.2, 0.25) is 5.91 Å². The molecule has 0 spiro atoms.